The molecular weight excluding hydrogens is 230 g/mol. The van der Waals surface area contributed by atoms with Gasteiger partial charge in [0.25, 0.3) is 0 Å². The number of hydrogen-bond acceptors (Lipinski definition) is 5. The van der Waals surface area contributed by atoms with Crippen LogP contribution in [0.3, 0.4) is 0 Å². The van der Waals surface area contributed by atoms with Crippen LogP contribution in [-0.4, -0.2) is 34.7 Å². The average molecular weight is 236 g/mol. The Morgan fingerprint density at radius 3 is 2.94 bits per heavy atom. The number of aryl methyl sites for hydroxylation is 1. The highest BCUT2D eigenvalue weighted by Crippen LogP contribution is 2.22. The number of halogens is 1. The van der Waals surface area contributed by atoms with Gasteiger partial charge in [-0.15, -0.1) is 0 Å². The fraction of sp³-hybridized carbons (Fsp3) is 0.125. The number of aromatic nitrogens is 7. The SMILES string of the molecule is Cn1cnc2c(-c3nc[nH]n3)nc(Cl)nc21. The predicted molar refractivity (Wildman–Crippen MR) is 56.7 cm³/mol. The second-order valence-corrected chi connectivity index (χ2v) is 3.53. The van der Waals surface area contributed by atoms with E-state index in [0.29, 0.717) is 22.7 Å². The Hall–Kier alpha value is -2.02. The molecule has 0 saturated carbocycles. The molecule has 80 valence electrons. The number of H-pyrrole nitrogens is 1. The minimum absolute atomic E-state index is 0.149. The second-order valence-electron chi connectivity index (χ2n) is 3.19. The van der Waals surface area contributed by atoms with E-state index in [-0.39, 0.29) is 5.28 Å². The van der Waals surface area contributed by atoms with Gasteiger partial charge in [0.1, 0.15) is 17.5 Å². The maximum atomic E-state index is 5.84. The van der Waals surface area contributed by atoms with Crippen molar-refractivity contribution >= 4 is 22.8 Å². The van der Waals surface area contributed by atoms with Crippen LogP contribution in [0.15, 0.2) is 12.7 Å². The van der Waals surface area contributed by atoms with Crippen LogP contribution in [0.25, 0.3) is 22.7 Å². The predicted octanol–water partition coefficient (Wildman–Crippen LogP) is 0.802. The zero-order chi connectivity index (χ0) is 11.1. The third-order valence-corrected chi connectivity index (χ3v) is 2.33. The Balaban J connectivity index is 2.39. The summed E-state index contributed by atoms with van der Waals surface area (Å²) >= 11 is 5.84. The molecule has 0 fully saturated rings. The topological polar surface area (TPSA) is 85.2 Å². The van der Waals surface area contributed by atoms with E-state index in [4.69, 9.17) is 11.6 Å². The minimum atomic E-state index is 0.149. The third-order valence-electron chi connectivity index (χ3n) is 2.16. The molecule has 0 radical (unpaired) electrons. The summed E-state index contributed by atoms with van der Waals surface area (Å²) < 4.78 is 1.76. The Bertz CT molecular complexity index is 642. The van der Waals surface area contributed by atoms with E-state index in [0.717, 1.165) is 0 Å². The normalized spacial score (nSPS) is 11.1. The van der Waals surface area contributed by atoms with Crippen molar-refractivity contribution in [3.63, 3.8) is 0 Å². The first kappa shape index (κ1) is 9.22. The van der Waals surface area contributed by atoms with Crippen molar-refractivity contribution < 1.29 is 0 Å². The van der Waals surface area contributed by atoms with E-state index in [9.17, 15) is 0 Å². The first-order chi connectivity index (χ1) is 7.75. The van der Waals surface area contributed by atoms with E-state index in [1.165, 1.54) is 6.33 Å². The lowest BCUT2D eigenvalue weighted by Gasteiger charge is -1.98. The molecule has 0 saturated heterocycles. The molecule has 1 N–H and O–H groups in total. The Kier molecular flexibility index (Phi) is 1.87. The van der Waals surface area contributed by atoms with Crippen LogP contribution in [-0.2, 0) is 7.05 Å². The van der Waals surface area contributed by atoms with Crippen molar-refractivity contribution in [2.75, 3.05) is 0 Å². The van der Waals surface area contributed by atoms with Crippen LogP contribution in [0.5, 0.6) is 0 Å². The number of aromatic amines is 1. The first-order valence-electron chi connectivity index (χ1n) is 4.46. The van der Waals surface area contributed by atoms with Gasteiger partial charge in [-0.2, -0.15) is 10.1 Å². The maximum Gasteiger partial charge on any atom is 0.225 e. The van der Waals surface area contributed by atoms with Gasteiger partial charge >= 0.3 is 0 Å². The monoisotopic (exact) mass is 235 g/mol. The second kappa shape index (κ2) is 3.24. The summed E-state index contributed by atoms with van der Waals surface area (Å²) in [4.78, 5) is 16.4. The van der Waals surface area contributed by atoms with Gasteiger partial charge in [0.15, 0.2) is 5.65 Å². The standard InChI is InChI=1S/C8H6ClN7/c1-16-3-11-5-4(6-10-2-12-15-6)13-8(9)14-7(5)16/h2-3H,1H3,(H,10,12,15). The molecule has 0 unspecified atom stereocenters. The molecule has 0 aliphatic rings. The van der Waals surface area contributed by atoms with Crippen LogP contribution >= 0.6 is 11.6 Å². The molecule has 0 aliphatic heterocycles. The lowest BCUT2D eigenvalue weighted by atomic mass is 10.3. The van der Waals surface area contributed by atoms with Crippen molar-refractivity contribution in [3.05, 3.63) is 17.9 Å². The van der Waals surface area contributed by atoms with Gasteiger partial charge < -0.3 is 4.57 Å². The highest BCUT2D eigenvalue weighted by molar-refractivity contribution is 6.28. The maximum absolute atomic E-state index is 5.84. The highest BCUT2D eigenvalue weighted by atomic mass is 35.5. The number of fused-ring (bicyclic) bond motifs is 1. The third kappa shape index (κ3) is 1.25. The lowest BCUT2D eigenvalue weighted by Crippen LogP contribution is -1.95. The van der Waals surface area contributed by atoms with E-state index >= 15 is 0 Å². The molecule has 3 rings (SSSR count). The zero-order valence-electron chi connectivity index (χ0n) is 8.22. The number of nitrogens with one attached hydrogen (secondary N) is 1. The summed E-state index contributed by atoms with van der Waals surface area (Å²) in [6.45, 7) is 0. The average Bonchev–Trinajstić information content (AvgIpc) is 2.88. The first-order valence-corrected chi connectivity index (χ1v) is 4.84. The Labute approximate surface area is 94.5 Å². The summed E-state index contributed by atoms with van der Waals surface area (Å²) in [5, 5.41) is 6.72. The molecule has 16 heavy (non-hydrogen) atoms. The van der Waals surface area contributed by atoms with Crippen molar-refractivity contribution in [1.29, 1.82) is 0 Å². The van der Waals surface area contributed by atoms with Crippen LogP contribution in [0.1, 0.15) is 0 Å². The van der Waals surface area contributed by atoms with Gasteiger partial charge in [0.05, 0.1) is 6.33 Å². The molecule has 0 bridgehead atoms. The van der Waals surface area contributed by atoms with E-state index in [1.54, 1.807) is 10.9 Å². The van der Waals surface area contributed by atoms with Gasteiger partial charge in [-0.05, 0) is 11.6 Å². The summed E-state index contributed by atoms with van der Waals surface area (Å²) in [6, 6.07) is 0. The molecule has 0 spiro atoms. The van der Waals surface area contributed by atoms with E-state index < -0.39 is 0 Å². The smallest absolute Gasteiger partial charge is 0.225 e. The van der Waals surface area contributed by atoms with Gasteiger partial charge in [-0.25, -0.2) is 15.0 Å². The van der Waals surface area contributed by atoms with Crippen LogP contribution in [0.2, 0.25) is 5.28 Å². The van der Waals surface area contributed by atoms with Crippen LogP contribution in [0, 0.1) is 0 Å². The van der Waals surface area contributed by atoms with Crippen molar-refractivity contribution in [2.24, 2.45) is 7.05 Å². The number of imidazole rings is 1. The molecule has 3 aromatic heterocycles. The van der Waals surface area contributed by atoms with Gasteiger partial charge in [0, 0.05) is 7.05 Å². The van der Waals surface area contributed by atoms with E-state index in [1.807, 2.05) is 7.05 Å². The zero-order valence-corrected chi connectivity index (χ0v) is 8.97. The number of nitrogens with zero attached hydrogens (tertiary/aromatic N) is 6. The Morgan fingerprint density at radius 1 is 1.31 bits per heavy atom. The van der Waals surface area contributed by atoms with Gasteiger partial charge in [0.2, 0.25) is 11.1 Å². The summed E-state index contributed by atoms with van der Waals surface area (Å²) in [5.41, 5.74) is 1.81. The quantitative estimate of drug-likeness (QED) is 0.631. The van der Waals surface area contributed by atoms with Crippen LogP contribution < -0.4 is 0 Å². The molecular formula is C8H6ClN7. The molecule has 0 aliphatic carbocycles. The highest BCUT2D eigenvalue weighted by Gasteiger charge is 2.15. The van der Waals surface area contributed by atoms with E-state index in [2.05, 4.69) is 30.1 Å². The summed E-state index contributed by atoms with van der Waals surface area (Å²) in [5.74, 6) is 0.452. The molecule has 0 atom stereocenters. The van der Waals surface area contributed by atoms with Crippen LogP contribution in [0.4, 0.5) is 0 Å². The molecule has 8 heteroatoms. The fourth-order valence-corrected chi connectivity index (χ4v) is 1.62. The van der Waals surface area contributed by atoms with Crippen molar-refractivity contribution in [2.45, 2.75) is 0 Å². The largest absolute Gasteiger partial charge is 0.318 e. The summed E-state index contributed by atoms with van der Waals surface area (Å²) in [6.07, 6.45) is 3.12. The molecule has 3 aromatic rings. The van der Waals surface area contributed by atoms with Crippen molar-refractivity contribution in [1.82, 2.24) is 34.7 Å². The minimum Gasteiger partial charge on any atom is -0.318 e. The molecule has 3 heterocycles. The van der Waals surface area contributed by atoms with Gasteiger partial charge in [-0.3, -0.25) is 5.10 Å². The van der Waals surface area contributed by atoms with Gasteiger partial charge in [-0.1, -0.05) is 0 Å². The molecule has 0 aromatic carbocycles. The number of hydrogen-bond donors (Lipinski definition) is 1. The lowest BCUT2D eigenvalue weighted by molar-refractivity contribution is 0.928. The number of rotatable bonds is 1. The van der Waals surface area contributed by atoms with Crippen molar-refractivity contribution in [3.8, 4) is 11.5 Å². The summed E-state index contributed by atoms with van der Waals surface area (Å²) in [7, 11) is 1.83. The fourth-order valence-electron chi connectivity index (χ4n) is 1.46. The Morgan fingerprint density at radius 2 is 2.19 bits per heavy atom. The molecule has 0 amide bonds. The molecule has 7 nitrogen and oxygen atoms in total.